The maximum atomic E-state index is 15.6. The van der Waals surface area contributed by atoms with Crippen molar-refractivity contribution in [2.75, 3.05) is 26.2 Å². The maximum Gasteiger partial charge on any atom is 0.268 e. The smallest absolute Gasteiger partial charge is 0.268 e. The molecule has 2 aromatic carbocycles. The number of rotatable bonds is 10. The van der Waals surface area contributed by atoms with Gasteiger partial charge in [-0.2, -0.15) is 4.39 Å². The monoisotopic (exact) mass is 520 g/mol. The average molecular weight is 521 g/mol. The first-order chi connectivity index (χ1) is 18.3. The van der Waals surface area contributed by atoms with Crippen molar-refractivity contribution in [3.05, 3.63) is 94.8 Å². The molecule has 2 N–H and O–H groups in total. The second-order valence-electron chi connectivity index (χ2n) is 9.33. The summed E-state index contributed by atoms with van der Waals surface area (Å²) in [6.07, 6.45) is 2.95. The lowest BCUT2D eigenvalue weighted by Gasteiger charge is -2.30. The molecule has 1 atom stereocenters. The van der Waals surface area contributed by atoms with Crippen molar-refractivity contribution in [3.8, 4) is 5.75 Å². The van der Waals surface area contributed by atoms with E-state index in [4.69, 9.17) is 10.1 Å². The van der Waals surface area contributed by atoms with Gasteiger partial charge in [0.1, 0.15) is 12.3 Å². The molecule has 0 aliphatic carbocycles. The minimum atomic E-state index is -1.27. The molecule has 2 heterocycles. The topological polar surface area (TPSA) is 98.9 Å². The van der Waals surface area contributed by atoms with Gasteiger partial charge in [-0.1, -0.05) is 44.2 Å². The Hall–Kier alpha value is -3.98. The van der Waals surface area contributed by atoms with Crippen molar-refractivity contribution < 1.29 is 23.4 Å². The van der Waals surface area contributed by atoms with E-state index in [1.165, 1.54) is 29.4 Å². The summed E-state index contributed by atoms with van der Waals surface area (Å²) in [6.45, 7) is 4.57. The first kappa shape index (κ1) is 27.1. The van der Waals surface area contributed by atoms with E-state index in [0.717, 1.165) is 11.1 Å². The predicted molar refractivity (Wildman–Crippen MR) is 141 cm³/mol. The van der Waals surface area contributed by atoms with Gasteiger partial charge < -0.3 is 20.2 Å². The predicted octanol–water partition coefficient (Wildman–Crippen LogP) is 4.49. The van der Waals surface area contributed by atoms with Crippen LogP contribution in [0.1, 0.15) is 47.9 Å². The molecule has 1 aliphatic rings. The molecule has 38 heavy (non-hydrogen) atoms. The second kappa shape index (κ2) is 12.0. The molecular weight excluding hydrogens is 490 g/mol. The Balaban J connectivity index is 1.66. The molecule has 1 unspecified atom stereocenters. The summed E-state index contributed by atoms with van der Waals surface area (Å²) < 4.78 is 36.5. The number of nitrogens with zero attached hydrogens (tertiary/aromatic N) is 3. The van der Waals surface area contributed by atoms with Crippen molar-refractivity contribution >= 4 is 17.3 Å². The van der Waals surface area contributed by atoms with Crippen LogP contribution >= 0.6 is 0 Å². The summed E-state index contributed by atoms with van der Waals surface area (Å²) in [5.41, 5.74) is 1.96. The van der Waals surface area contributed by atoms with Crippen LogP contribution in [0.4, 0.5) is 8.78 Å². The lowest BCUT2D eigenvalue weighted by Crippen LogP contribution is -2.46. The van der Waals surface area contributed by atoms with E-state index in [2.05, 4.69) is 23.8 Å². The number of aliphatic hydroxyl groups is 1. The van der Waals surface area contributed by atoms with E-state index >= 15 is 8.78 Å². The van der Waals surface area contributed by atoms with Gasteiger partial charge >= 0.3 is 0 Å². The van der Waals surface area contributed by atoms with Crippen molar-refractivity contribution in [2.24, 2.45) is 4.99 Å². The van der Waals surface area contributed by atoms with Crippen LogP contribution in [0, 0.1) is 17.0 Å². The number of carbonyl (C=O) groups excluding carboxylic acids is 1. The van der Waals surface area contributed by atoms with E-state index in [0.29, 0.717) is 18.0 Å². The molecular formula is C29H30F2N4O3. The Morgan fingerprint density at radius 1 is 1.08 bits per heavy atom. The number of carbonyl (C=O) groups is 1. The molecule has 0 radical (unpaired) electrons. The van der Waals surface area contributed by atoms with Crippen LogP contribution in [-0.4, -0.2) is 58.6 Å². The van der Waals surface area contributed by atoms with Gasteiger partial charge in [-0.05, 0) is 40.8 Å². The number of amides is 1. The van der Waals surface area contributed by atoms with E-state index in [-0.39, 0.29) is 49.0 Å². The standard InChI is InChI=1S/C29H30F2N4O3/c1-18(2)20-5-3-19(4-6-20)17-38-23-8-7-22(25(30)26(23)31)24(27(32)21-9-11-33-12-10-21)28-29(37)35(15-16-36)14-13-34-28/h3-12,18,24,32,36H,13-17H2,1-2H3. The third-order valence-corrected chi connectivity index (χ3v) is 6.51. The summed E-state index contributed by atoms with van der Waals surface area (Å²) in [5, 5.41) is 18.2. The highest BCUT2D eigenvalue weighted by molar-refractivity contribution is 6.46. The number of benzene rings is 2. The summed E-state index contributed by atoms with van der Waals surface area (Å²) in [5.74, 6) is -4.11. The molecule has 1 amide bonds. The van der Waals surface area contributed by atoms with Crippen LogP contribution in [0.2, 0.25) is 0 Å². The van der Waals surface area contributed by atoms with Gasteiger partial charge in [0.05, 0.1) is 24.8 Å². The van der Waals surface area contributed by atoms with E-state index in [1.54, 1.807) is 12.1 Å². The molecule has 1 aliphatic heterocycles. The first-order valence-corrected chi connectivity index (χ1v) is 12.4. The number of aliphatic hydroxyl groups excluding tert-OH is 1. The van der Waals surface area contributed by atoms with Gasteiger partial charge in [-0.3, -0.25) is 14.8 Å². The third kappa shape index (κ3) is 5.78. The summed E-state index contributed by atoms with van der Waals surface area (Å²) in [7, 11) is 0. The van der Waals surface area contributed by atoms with Gasteiger partial charge in [0.15, 0.2) is 11.6 Å². The number of aliphatic imine (C=N–C) groups is 1. The van der Waals surface area contributed by atoms with Crippen molar-refractivity contribution in [1.82, 2.24) is 9.88 Å². The summed E-state index contributed by atoms with van der Waals surface area (Å²) in [4.78, 5) is 22.8. The van der Waals surface area contributed by atoms with Gasteiger partial charge in [-0.25, -0.2) is 4.39 Å². The molecule has 0 saturated heterocycles. The number of aromatic nitrogens is 1. The van der Waals surface area contributed by atoms with Gasteiger partial charge in [0.25, 0.3) is 5.91 Å². The summed E-state index contributed by atoms with van der Waals surface area (Å²) >= 11 is 0. The van der Waals surface area contributed by atoms with Gasteiger partial charge in [0, 0.05) is 31.0 Å². The van der Waals surface area contributed by atoms with Gasteiger partial charge in [-0.15, -0.1) is 0 Å². The Morgan fingerprint density at radius 2 is 1.79 bits per heavy atom. The third-order valence-electron chi connectivity index (χ3n) is 6.51. The quantitative estimate of drug-likeness (QED) is 0.385. The molecule has 9 heteroatoms. The fourth-order valence-corrected chi connectivity index (χ4v) is 4.35. The van der Waals surface area contributed by atoms with Crippen LogP contribution in [0.5, 0.6) is 5.75 Å². The van der Waals surface area contributed by atoms with Gasteiger partial charge in [0.2, 0.25) is 5.82 Å². The molecule has 3 aromatic rings. The molecule has 198 valence electrons. The zero-order chi connectivity index (χ0) is 27.2. The molecule has 1 aromatic heterocycles. The van der Waals surface area contributed by atoms with Crippen LogP contribution < -0.4 is 4.74 Å². The highest BCUT2D eigenvalue weighted by Crippen LogP contribution is 2.32. The minimum Gasteiger partial charge on any atom is -0.486 e. The molecule has 7 nitrogen and oxygen atoms in total. The minimum absolute atomic E-state index is 0.0473. The second-order valence-corrected chi connectivity index (χ2v) is 9.33. The van der Waals surface area contributed by atoms with Crippen molar-refractivity contribution in [3.63, 3.8) is 0 Å². The zero-order valence-corrected chi connectivity index (χ0v) is 21.3. The largest absolute Gasteiger partial charge is 0.486 e. The van der Waals surface area contributed by atoms with E-state index in [9.17, 15) is 9.90 Å². The number of ether oxygens (including phenoxy) is 1. The Bertz CT molecular complexity index is 1330. The van der Waals surface area contributed by atoms with Crippen LogP contribution in [0.3, 0.4) is 0 Å². The Kier molecular flexibility index (Phi) is 8.58. The number of pyridine rings is 1. The number of hydrogen-bond acceptors (Lipinski definition) is 6. The molecule has 4 rings (SSSR count). The first-order valence-electron chi connectivity index (χ1n) is 12.4. The maximum absolute atomic E-state index is 15.6. The van der Waals surface area contributed by atoms with Crippen molar-refractivity contribution in [1.29, 1.82) is 5.41 Å². The van der Waals surface area contributed by atoms with Crippen LogP contribution in [-0.2, 0) is 11.4 Å². The number of β-amino-alcohol motifs (C(OH)–C–C–N with tert-alkyl or cyclic N) is 1. The fourth-order valence-electron chi connectivity index (χ4n) is 4.35. The van der Waals surface area contributed by atoms with Crippen molar-refractivity contribution in [2.45, 2.75) is 32.3 Å². The fraction of sp³-hybridized carbons (Fsp3) is 0.310. The number of hydrogen-bond donors (Lipinski definition) is 2. The average Bonchev–Trinajstić information content (AvgIpc) is 2.93. The zero-order valence-electron chi connectivity index (χ0n) is 21.3. The molecule has 0 fully saturated rings. The van der Waals surface area contributed by atoms with E-state index < -0.39 is 23.5 Å². The normalized spacial score (nSPS) is 14.4. The Morgan fingerprint density at radius 3 is 2.45 bits per heavy atom. The molecule has 0 saturated carbocycles. The highest BCUT2D eigenvalue weighted by atomic mass is 19.2. The number of halogens is 2. The SMILES string of the molecule is CC(C)c1ccc(COc2ccc(C(C(=N)c3ccncc3)C3=NCCN(CCO)C3=O)c(F)c2F)cc1. The van der Waals surface area contributed by atoms with Crippen LogP contribution in [0.25, 0.3) is 0 Å². The summed E-state index contributed by atoms with van der Waals surface area (Å²) in [6, 6.07) is 13.5. The lowest BCUT2D eigenvalue weighted by atomic mass is 9.84. The molecule has 0 bridgehead atoms. The highest BCUT2D eigenvalue weighted by Gasteiger charge is 2.36. The lowest BCUT2D eigenvalue weighted by molar-refractivity contribution is -0.125. The Labute approximate surface area is 220 Å². The van der Waals surface area contributed by atoms with Crippen LogP contribution in [0.15, 0.2) is 65.9 Å². The van der Waals surface area contributed by atoms with E-state index in [1.807, 2.05) is 24.3 Å². The number of nitrogens with one attached hydrogen (secondary N) is 1. The molecule has 0 spiro atoms.